The second-order valence-corrected chi connectivity index (χ2v) is 8.36. The maximum Gasteiger partial charge on any atom is 0.254 e. The van der Waals surface area contributed by atoms with Gasteiger partial charge in [0.1, 0.15) is 5.82 Å². The Balaban J connectivity index is 1.37. The molecule has 0 N–H and O–H groups in total. The molecule has 4 rings (SSSR count). The zero-order valence-corrected chi connectivity index (χ0v) is 15.1. The van der Waals surface area contributed by atoms with E-state index in [1.807, 2.05) is 22.5 Å². The molecule has 0 unspecified atom stereocenters. The molecule has 0 spiro atoms. The first-order valence-corrected chi connectivity index (χ1v) is 9.94. The third kappa shape index (κ3) is 3.14. The van der Waals surface area contributed by atoms with Crippen LogP contribution < -0.4 is 0 Å². The van der Waals surface area contributed by atoms with E-state index in [-0.39, 0.29) is 5.91 Å². The Labute approximate surface area is 147 Å². The molecule has 2 aliphatic rings. The van der Waals surface area contributed by atoms with Gasteiger partial charge < -0.3 is 9.47 Å². The van der Waals surface area contributed by atoms with Crippen LogP contribution in [0, 0.1) is 12.8 Å². The van der Waals surface area contributed by atoms with Gasteiger partial charge in [-0.05, 0) is 44.6 Å². The van der Waals surface area contributed by atoms with Crippen molar-refractivity contribution in [3.8, 4) is 0 Å². The fraction of sp³-hybridized carbons (Fsp3) is 0.579. The number of piperidine rings is 1. The Morgan fingerprint density at radius 2 is 2.08 bits per heavy atom. The van der Waals surface area contributed by atoms with Crippen molar-refractivity contribution < 1.29 is 4.79 Å². The van der Waals surface area contributed by atoms with Crippen molar-refractivity contribution in [2.24, 2.45) is 5.92 Å². The van der Waals surface area contributed by atoms with Gasteiger partial charge in [-0.25, -0.2) is 4.98 Å². The lowest BCUT2D eigenvalue weighted by atomic mass is 9.85. The summed E-state index contributed by atoms with van der Waals surface area (Å²) in [5.41, 5.74) is 0.849. The van der Waals surface area contributed by atoms with E-state index in [4.69, 9.17) is 0 Å². The van der Waals surface area contributed by atoms with Gasteiger partial charge in [0.15, 0.2) is 0 Å². The predicted molar refractivity (Wildman–Crippen MR) is 96.5 cm³/mol. The molecule has 0 bridgehead atoms. The van der Waals surface area contributed by atoms with Crippen molar-refractivity contribution in [3.05, 3.63) is 40.1 Å². The van der Waals surface area contributed by atoms with Crippen LogP contribution in [0.1, 0.15) is 59.1 Å². The third-order valence-corrected chi connectivity index (χ3v) is 6.41. The Kier molecular flexibility index (Phi) is 4.44. The van der Waals surface area contributed by atoms with Gasteiger partial charge in [-0.2, -0.15) is 0 Å². The number of carbonyl (C=O) groups is 1. The normalized spacial score (nSPS) is 19.5. The molecule has 3 heterocycles. The molecule has 5 heteroatoms. The van der Waals surface area contributed by atoms with E-state index in [1.54, 1.807) is 11.3 Å². The van der Waals surface area contributed by atoms with Crippen LogP contribution >= 0.6 is 11.3 Å². The summed E-state index contributed by atoms with van der Waals surface area (Å²) in [5, 5.41) is 1.98. The van der Waals surface area contributed by atoms with Crippen LogP contribution in [0.3, 0.4) is 0 Å². The van der Waals surface area contributed by atoms with Crippen LogP contribution in [0.5, 0.6) is 0 Å². The van der Waals surface area contributed by atoms with Crippen LogP contribution in [0.15, 0.2) is 23.8 Å². The average Bonchev–Trinajstić information content (AvgIpc) is 3.19. The molecule has 2 aromatic heterocycles. The van der Waals surface area contributed by atoms with Gasteiger partial charge in [-0.1, -0.05) is 6.42 Å². The molecule has 24 heavy (non-hydrogen) atoms. The SMILES string of the molecule is Cc1cc(C(=O)N2CCC(c3nccn3CC3CCC3)CC2)cs1. The number of hydrogen-bond donors (Lipinski definition) is 0. The van der Waals surface area contributed by atoms with E-state index in [1.165, 1.54) is 30.0 Å². The molecule has 0 radical (unpaired) electrons. The quantitative estimate of drug-likeness (QED) is 0.839. The molecular formula is C19H25N3OS. The van der Waals surface area contributed by atoms with Crippen molar-refractivity contribution in [3.63, 3.8) is 0 Å². The fourth-order valence-corrected chi connectivity index (χ4v) is 4.54. The predicted octanol–water partition coefficient (Wildman–Crippen LogP) is 4.07. The minimum atomic E-state index is 0.190. The largest absolute Gasteiger partial charge is 0.339 e. The smallest absolute Gasteiger partial charge is 0.254 e. The number of imidazole rings is 1. The molecule has 4 nitrogen and oxygen atoms in total. The number of amides is 1. The van der Waals surface area contributed by atoms with Gasteiger partial charge in [-0.15, -0.1) is 11.3 Å². The highest BCUT2D eigenvalue weighted by molar-refractivity contribution is 7.10. The molecule has 1 aliphatic heterocycles. The van der Waals surface area contributed by atoms with Gasteiger partial charge in [-0.3, -0.25) is 4.79 Å². The first-order valence-electron chi connectivity index (χ1n) is 9.06. The van der Waals surface area contributed by atoms with Gasteiger partial charge in [0, 0.05) is 48.2 Å². The monoisotopic (exact) mass is 343 g/mol. The van der Waals surface area contributed by atoms with Crippen LogP contribution in [0.4, 0.5) is 0 Å². The number of carbonyl (C=O) groups excluding carboxylic acids is 1. The van der Waals surface area contributed by atoms with E-state index in [9.17, 15) is 4.79 Å². The number of aryl methyl sites for hydroxylation is 1. The summed E-state index contributed by atoms with van der Waals surface area (Å²) in [7, 11) is 0. The zero-order chi connectivity index (χ0) is 16.5. The molecule has 1 saturated heterocycles. The summed E-state index contributed by atoms with van der Waals surface area (Å²) < 4.78 is 2.37. The van der Waals surface area contributed by atoms with Crippen molar-refractivity contribution in [2.75, 3.05) is 13.1 Å². The molecule has 1 aliphatic carbocycles. The number of rotatable bonds is 4. The molecule has 1 saturated carbocycles. The first kappa shape index (κ1) is 15.9. The Morgan fingerprint density at radius 1 is 1.29 bits per heavy atom. The van der Waals surface area contributed by atoms with Gasteiger partial charge in [0.05, 0.1) is 5.56 Å². The summed E-state index contributed by atoms with van der Waals surface area (Å²) >= 11 is 1.65. The van der Waals surface area contributed by atoms with Gasteiger partial charge in [0.25, 0.3) is 5.91 Å². The summed E-state index contributed by atoms with van der Waals surface area (Å²) in [6.45, 7) is 4.86. The third-order valence-electron chi connectivity index (χ3n) is 5.55. The summed E-state index contributed by atoms with van der Waals surface area (Å²) in [4.78, 5) is 20.4. The van der Waals surface area contributed by atoms with Gasteiger partial charge in [0.2, 0.25) is 0 Å². The number of thiophene rings is 1. The molecular weight excluding hydrogens is 318 g/mol. The first-order chi connectivity index (χ1) is 11.7. The maximum atomic E-state index is 12.6. The number of aromatic nitrogens is 2. The van der Waals surface area contributed by atoms with E-state index in [0.29, 0.717) is 5.92 Å². The van der Waals surface area contributed by atoms with E-state index in [2.05, 4.69) is 22.7 Å². The van der Waals surface area contributed by atoms with Crippen molar-refractivity contribution in [2.45, 2.75) is 51.5 Å². The number of hydrogen-bond acceptors (Lipinski definition) is 3. The summed E-state index contributed by atoms with van der Waals surface area (Å²) in [6, 6.07) is 2.00. The van der Waals surface area contributed by atoms with Crippen molar-refractivity contribution in [1.29, 1.82) is 0 Å². The number of nitrogens with zero attached hydrogens (tertiary/aromatic N) is 3. The Hall–Kier alpha value is -1.62. The standard InChI is InChI=1S/C19H25N3OS/c1-14-11-17(13-24-14)19(23)21-8-5-16(6-9-21)18-20-7-10-22(18)12-15-3-2-4-15/h7,10-11,13,15-16H,2-6,8-9,12H2,1H3. The summed E-state index contributed by atoms with van der Waals surface area (Å²) in [5.74, 6) is 2.77. The minimum Gasteiger partial charge on any atom is -0.339 e. The molecule has 2 fully saturated rings. The zero-order valence-electron chi connectivity index (χ0n) is 14.3. The lowest BCUT2D eigenvalue weighted by Crippen LogP contribution is -2.38. The molecule has 0 atom stereocenters. The molecule has 0 aromatic carbocycles. The average molecular weight is 343 g/mol. The lowest BCUT2D eigenvalue weighted by molar-refractivity contribution is 0.0710. The summed E-state index contributed by atoms with van der Waals surface area (Å²) in [6.07, 6.45) is 10.2. The van der Waals surface area contributed by atoms with Crippen molar-refractivity contribution in [1.82, 2.24) is 14.5 Å². The second kappa shape index (κ2) is 6.71. The highest BCUT2D eigenvalue weighted by Crippen LogP contribution is 2.32. The van der Waals surface area contributed by atoms with Crippen molar-refractivity contribution >= 4 is 17.2 Å². The lowest BCUT2D eigenvalue weighted by Gasteiger charge is -2.33. The van der Waals surface area contributed by atoms with Crippen LogP contribution in [0.25, 0.3) is 0 Å². The van der Waals surface area contributed by atoms with E-state index < -0.39 is 0 Å². The van der Waals surface area contributed by atoms with Crippen LogP contribution in [-0.4, -0.2) is 33.4 Å². The minimum absolute atomic E-state index is 0.190. The van der Waals surface area contributed by atoms with E-state index in [0.717, 1.165) is 44.0 Å². The molecule has 1 amide bonds. The Bertz CT molecular complexity index is 708. The highest BCUT2D eigenvalue weighted by Gasteiger charge is 2.28. The Morgan fingerprint density at radius 3 is 2.71 bits per heavy atom. The van der Waals surface area contributed by atoms with Crippen LogP contribution in [-0.2, 0) is 6.54 Å². The van der Waals surface area contributed by atoms with Gasteiger partial charge >= 0.3 is 0 Å². The second-order valence-electron chi connectivity index (χ2n) is 7.25. The van der Waals surface area contributed by atoms with Crippen LogP contribution in [0.2, 0.25) is 0 Å². The maximum absolute atomic E-state index is 12.6. The number of likely N-dealkylation sites (tertiary alicyclic amines) is 1. The fourth-order valence-electron chi connectivity index (χ4n) is 3.87. The van der Waals surface area contributed by atoms with E-state index >= 15 is 0 Å². The highest BCUT2D eigenvalue weighted by atomic mass is 32.1. The molecule has 128 valence electrons. The topological polar surface area (TPSA) is 38.1 Å². The molecule has 2 aromatic rings.